The lowest BCUT2D eigenvalue weighted by molar-refractivity contribution is 0.475. The first-order valence-electron chi connectivity index (χ1n) is 7.10. The molecule has 21 heavy (non-hydrogen) atoms. The van der Waals surface area contributed by atoms with Crippen molar-refractivity contribution in [2.45, 2.75) is 0 Å². The molecule has 3 aromatic rings. The first kappa shape index (κ1) is 13.7. The van der Waals surface area contributed by atoms with Crippen molar-refractivity contribution in [1.29, 1.82) is 0 Å². The number of nitrogens with zero attached hydrogens (tertiary/aromatic N) is 1. The Balaban J connectivity index is 2.39. The third kappa shape index (κ3) is 2.39. The zero-order valence-electron chi connectivity index (χ0n) is 12.7. The fourth-order valence-electron chi connectivity index (χ4n) is 2.81. The summed E-state index contributed by atoms with van der Waals surface area (Å²) < 4.78 is 0.707. The smallest absolute Gasteiger partial charge is 0.140 e. The van der Waals surface area contributed by atoms with E-state index in [1.165, 1.54) is 5.69 Å². The number of benzene rings is 3. The van der Waals surface area contributed by atoms with Crippen molar-refractivity contribution in [3.05, 3.63) is 60.7 Å². The van der Waals surface area contributed by atoms with Crippen LogP contribution in [0.2, 0.25) is 0 Å². The van der Waals surface area contributed by atoms with Crippen LogP contribution in [0.15, 0.2) is 60.7 Å². The van der Waals surface area contributed by atoms with Gasteiger partial charge in [-0.15, -0.1) is 0 Å². The molecule has 0 aliphatic rings. The minimum atomic E-state index is 0.328. The van der Waals surface area contributed by atoms with Crippen LogP contribution in [-0.4, -0.2) is 26.2 Å². The second-order valence-electron chi connectivity index (χ2n) is 6.21. The number of hydrogen-bond acceptors (Lipinski definition) is 1. The Hall–Kier alpha value is -2.32. The van der Waals surface area contributed by atoms with Gasteiger partial charge in [0.25, 0.3) is 0 Å². The van der Waals surface area contributed by atoms with Gasteiger partial charge >= 0.3 is 0 Å². The number of quaternary nitrogens is 1. The molecule has 0 radical (unpaired) electrons. The fourth-order valence-corrected chi connectivity index (χ4v) is 2.81. The molecule has 0 aliphatic carbocycles. The normalized spacial score (nSPS) is 11.8. The van der Waals surface area contributed by atoms with E-state index in [0.717, 1.165) is 21.9 Å². The molecular formula is C19H20NO+. The summed E-state index contributed by atoms with van der Waals surface area (Å²) in [5.74, 6) is 0.328. The quantitative estimate of drug-likeness (QED) is 0.688. The summed E-state index contributed by atoms with van der Waals surface area (Å²) in [5.41, 5.74) is 3.18. The fraction of sp³-hybridized carbons (Fsp3) is 0.158. The van der Waals surface area contributed by atoms with Crippen LogP contribution >= 0.6 is 0 Å². The molecular weight excluding hydrogens is 258 g/mol. The zero-order chi connectivity index (χ0) is 15.0. The molecule has 0 saturated heterocycles. The van der Waals surface area contributed by atoms with Gasteiger partial charge in [-0.3, -0.25) is 4.48 Å². The summed E-state index contributed by atoms with van der Waals surface area (Å²) in [7, 11) is 6.42. The minimum Gasteiger partial charge on any atom is -0.507 e. The molecule has 1 N–H and O–H groups in total. The molecule has 106 valence electrons. The molecule has 3 aromatic carbocycles. The van der Waals surface area contributed by atoms with E-state index in [-0.39, 0.29) is 0 Å². The molecule has 0 fully saturated rings. The van der Waals surface area contributed by atoms with Crippen molar-refractivity contribution in [1.82, 2.24) is 4.48 Å². The summed E-state index contributed by atoms with van der Waals surface area (Å²) in [4.78, 5) is 0. The topological polar surface area (TPSA) is 20.2 Å². The van der Waals surface area contributed by atoms with E-state index >= 15 is 0 Å². The highest BCUT2D eigenvalue weighted by molar-refractivity contribution is 6.02. The number of rotatable bonds is 2. The number of phenolic OH excluding ortho intramolecular Hbond substituents is 1. The van der Waals surface area contributed by atoms with Crippen LogP contribution in [0.5, 0.6) is 5.75 Å². The third-order valence-electron chi connectivity index (χ3n) is 3.80. The Bertz CT molecular complexity index is 800. The molecule has 0 saturated carbocycles. The van der Waals surface area contributed by atoms with Gasteiger partial charge in [0.2, 0.25) is 0 Å². The van der Waals surface area contributed by atoms with Crippen LogP contribution in [0, 0.1) is 0 Å². The Labute approximate surface area is 125 Å². The Morgan fingerprint density at radius 3 is 2.19 bits per heavy atom. The van der Waals surface area contributed by atoms with E-state index < -0.39 is 0 Å². The van der Waals surface area contributed by atoms with Crippen molar-refractivity contribution < 1.29 is 5.11 Å². The number of hydrogen-bond donors (Lipinski definition) is 1. The van der Waals surface area contributed by atoms with E-state index in [0.29, 0.717) is 10.2 Å². The molecule has 0 amide bonds. The first-order chi connectivity index (χ1) is 9.98. The highest BCUT2D eigenvalue weighted by Gasteiger charge is 2.21. The van der Waals surface area contributed by atoms with Crippen LogP contribution in [0.25, 0.3) is 21.9 Å². The Morgan fingerprint density at radius 2 is 1.43 bits per heavy atom. The second-order valence-corrected chi connectivity index (χ2v) is 6.21. The lowest BCUT2D eigenvalue weighted by atomic mass is 9.95. The van der Waals surface area contributed by atoms with Crippen molar-refractivity contribution >= 4 is 16.5 Å². The number of phenols is 1. The van der Waals surface area contributed by atoms with E-state index in [2.05, 4.69) is 45.4 Å². The standard InChI is InChI=1S/C19H19NO/c1-20(2,3)17-11-7-6-10-16(17)19-15-9-5-4-8-14(15)12-13-18(19)21/h4-13H,1-3H3/p+1. The van der Waals surface area contributed by atoms with Gasteiger partial charge in [-0.1, -0.05) is 42.5 Å². The van der Waals surface area contributed by atoms with Gasteiger partial charge in [0.15, 0.2) is 0 Å². The lowest BCUT2D eigenvalue weighted by Crippen LogP contribution is -2.35. The highest BCUT2D eigenvalue weighted by atomic mass is 16.3. The average Bonchev–Trinajstić information content (AvgIpc) is 2.46. The summed E-state index contributed by atoms with van der Waals surface area (Å²) in [6, 6.07) is 20.2. The van der Waals surface area contributed by atoms with E-state index in [1.54, 1.807) is 6.07 Å². The Morgan fingerprint density at radius 1 is 0.762 bits per heavy atom. The molecule has 2 heteroatoms. The molecule has 0 unspecified atom stereocenters. The van der Waals surface area contributed by atoms with Crippen LogP contribution in [0.1, 0.15) is 0 Å². The van der Waals surface area contributed by atoms with Gasteiger partial charge < -0.3 is 5.11 Å². The van der Waals surface area contributed by atoms with Gasteiger partial charge in [0.1, 0.15) is 11.4 Å². The third-order valence-corrected chi connectivity index (χ3v) is 3.80. The summed E-state index contributed by atoms with van der Waals surface area (Å²) in [5, 5.41) is 12.7. The van der Waals surface area contributed by atoms with Gasteiger partial charge in [0, 0.05) is 11.1 Å². The molecule has 0 spiro atoms. The van der Waals surface area contributed by atoms with Crippen LogP contribution < -0.4 is 4.48 Å². The molecule has 2 nitrogen and oxygen atoms in total. The maximum Gasteiger partial charge on any atom is 0.140 e. The van der Waals surface area contributed by atoms with E-state index in [1.807, 2.05) is 30.3 Å². The molecule has 0 aromatic heterocycles. The minimum absolute atomic E-state index is 0.328. The number of fused-ring (bicyclic) bond motifs is 1. The van der Waals surface area contributed by atoms with Gasteiger partial charge in [-0.05, 0) is 29.0 Å². The SMILES string of the molecule is C[N+](C)(C)c1ccccc1-c1c(O)ccc2ccccc12. The molecule has 0 heterocycles. The van der Waals surface area contributed by atoms with Crippen molar-refractivity contribution in [2.75, 3.05) is 21.1 Å². The Kier molecular flexibility index (Phi) is 3.19. The monoisotopic (exact) mass is 278 g/mol. The van der Waals surface area contributed by atoms with Gasteiger partial charge in [-0.2, -0.15) is 0 Å². The molecule has 0 aliphatic heterocycles. The predicted octanol–water partition coefficient (Wildman–Crippen LogP) is 4.41. The summed E-state index contributed by atoms with van der Waals surface area (Å²) in [6.45, 7) is 0. The molecule has 3 rings (SSSR count). The number of aromatic hydroxyl groups is 1. The average molecular weight is 278 g/mol. The van der Waals surface area contributed by atoms with E-state index in [4.69, 9.17) is 0 Å². The first-order valence-corrected chi connectivity index (χ1v) is 7.10. The summed E-state index contributed by atoms with van der Waals surface area (Å²) in [6.07, 6.45) is 0. The predicted molar refractivity (Wildman–Crippen MR) is 90.6 cm³/mol. The molecule has 0 atom stereocenters. The zero-order valence-corrected chi connectivity index (χ0v) is 12.7. The van der Waals surface area contributed by atoms with Crippen molar-refractivity contribution in [2.24, 2.45) is 0 Å². The van der Waals surface area contributed by atoms with E-state index in [9.17, 15) is 5.11 Å². The number of para-hydroxylation sites is 1. The summed E-state index contributed by atoms with van der Waals surface area (Å²) >= 11 is 0. The van der Waals surface area contributed by atoms with Gasteiger partial charge in [0.05, 0.1) is 21.1 Å². The van der Waals surface area contributed by atoms with Crippen LogP contribution in [-0.2, 0) is 0 Å². The molecule has 0 bridgehead atoms. The largest absolute Gasteiger partial charge is 0.507 e. The van der Waals surface area contributed by atoms with Gasteiger partial charge in [-0.25, -0.2) is 0 Å². The highest BCUT2D eigenvalue weighted by Crippen LogP contribution is 2.41. The second kappa shape index (κ2) is 4.90. The van der Waals surface area contributed by atoms with Crippen LogP contribution in [0.3, 0.4) is 0 Å². The van der Waals surface area contributed by atoms with Crippen molar-refractivity contribution in [3.8, 4) is 16.9 Å². The van der Waals surface area contributed by atoms with Crippen LogP contribution in [0.4, 0.5) is 5.69 Å². The maximum atomic E-state index is 10.4. The maximum absolute atomic E-state index is 10.4. The lowest BCUT2D eigenvalue weighted by Gasteiger charge is -2.26. The van der Waals surface area contributed by atoms with Crippen molar-refractivity contribution in [3.63, 3.8) is 0 Å².